The highest BCUT2D eigenvalue weighted by atomic mass is 16.5. The van der Waals surface area contributed by atoms with Gasteiger partial charge in [-0.2, -0.15) is 0 Å². The van der Waals surface area contributed by atoms with Crippen molar-refractivity contribution in [3.8, 4) is 11.5 Å². The van der Waals surface area contributed by atoms with Crippen molar-refractivity contribution in [2.45, 2.75) is 6.61 Å². The molecule has 0 atom stereocenters. The predicted molar refractivity (Wildman–Crippen MR) is 78.2 cm³/mol. The van der Waals surface area contributed by atoms with Gasteiger partial charge in [0.2, 0.25) is 5.89 Å². The van der Waals surface area contributed by atoms with Crippen LogP contribution in [0.3, 0.4) is 0 Å². The molecule has 1 aromatic heterocycles. The van der Waals surface area contributed by atoms with E-state index in [1.165, 1.54) is 0 Å². The monoisotopic (exact) mass is 268 g/mol. The zero-order valence-electron chi connectivity index (χ0n) is 11.1. The van der Waals surface area contributed by atoms with E-state index in [1.807, 2.05) is 48.5 Å². The van der Waals surface area contributed by atoms with E-state index in [0.29, 0.717) is 25.6 Å². The fraction of sp³-hybridized carbons (Fsp3) is 0.188. The average Bonchev–Trinajstić information content (AvgIpc) is 2.92. The van der Waals surface area contributed by atoms with E-state index in [-0.39, 0.29) is 0 Å². The SMILES string of the molecule is NCCOCc1ccc(-c2nc3ccccc3o2)cc1. The van der Waals surface area contributed by atoms with Crippen LogP contribution >= 0.6 is 0 Å². The van der Waals surface area contributed by atoms with Gasteiger partial charge >= 0.3 is 0 Å². The Balaban J connectivity index is 1.79. The Bertz CT molecular complexity index is 656. The molecule has 0 bridgehead atoms. The van der Waals surface area contributed by atoms with Crippen LogP contribution in [0, 0.1) is 0 Å². The van der Waals surface area contributed by atoms with Crippen LogP contribution in [-0.4, -0.2) is 18.1 Å². The number of oxazole rings is 1. The summed E-state index contributed by atoms with van der Waals surface area (Å²) in [6, 6.07) is 15.8. The largest absolute Gasteiger partial charge is 0.436 e. The molecule has 4 heteroatoms. The Morgan fingerprint density at radius 1 is 1.05 bits per heavy atom. The fourth-order valence-electron chi connectivity index (χ4n) is 2.01. The molecule has 2 aromatic carbocycles. The molecular weight excluding hydrogens is 252 g/mol. The molecule has 4 nitrogen and oxygen atoms in total. The maximum Gasteiger partial charge on any atom is 0.227 e. The van der Waals surface area contributed by atoms with Gasteiger partial charge in [0.05, 0.1) is 13.2 Å². The summed E-state index contributed by atoms with van der Waals surface area (Å²) in [6.45, 7) is 1.69. The molecule has 0 saturated carbocycles. The van der Waals surface area contributed by atoms with Crippen LogP contribution in [0.25, 0.3) is 22.6 Å². The van der Waals surface area contributed by atoms with Crippen molar-refractivity contribution in [3.63, 3.8) is 0 Å². The smallest absolute Gasteiger partial charge is 0.227 e. The van der Waals surface area contributed by atoms with Crippen LogP contribution in [0.2, 0.25) is 0 Å². The molecule has 0 aliphatic carbocycles. The summed E-state index contributed by atoms with van der Waals surface area (Å²) in [6.07, 6.45) is 0. The van der Waals surface area contributed by atoms with E-state index in [1.54, 1.807) is 0 Å². The molecule has 2 N–H and O–H groups in total. The van der Waals surface area contributed by atoms with E-state index in [2.05, 4.69) is 4.98 Å². The molecule has 0 aliphatic rings. The summed E-state index contributed by atoms with van der Waals surface area (Å²) in [4.78, 5) is 4.47. The number of nitrogens with zero attached hydrogens (tertiary/aromatic N) is 1. The summed E-state index contributed by atoms with van der Waals surface area (Å²) < 4.78 is 11.1. The highest BCUT2D eigenvalue weighted by molar-refractivity contribution is 5.75. The molecule has 3 rings (SSSR count). The Morgan fingerprint density at radius 3 is 2.60 bits per heavy atom. The first-order chi connectivity index (χ1) is 9.86. The number of nitrogens with two attached hydrogens (primary N) is 1. The van der Waals surface area contributed by atoms with Crippen LogP contribution in [-0.2, 0) is 11.3 Å². The molecule has 0 unspecified atom stereocenters. The number of hydrogen-bond donors (Lipinski definition) is 1. The number of rotatable bonds is 5. The van der Waals surface area contributed by atoms with Gasteiger partial charge in [0, 0.05) is 12.1 Å². The molecule has 0 aliphatic heterocycles. The van der Waals surface area contributed by atoms with Crippen molar-refractivity contribution in [1.29, 1.82) is 0 Å². The Kier molecular flexibility index (Phi) is 3.76. The molecule has 0 saturated heterocycles. The molecule has 0 spiro atoms. The fourth-order valence-corrected chi connectivity index (χ4v) is 2.01. The van der Waals surface area contributed by atoms with Crippen LogP contribution in [0.15, 0.2) is 52.9 Å². The van der Waals surface area contributed by atoms with Crippen molar-refractivity contribution in [2.24, 2.45) is 5.73 Å². The van der Waals surface area contributed by atoms with E-state index in [9.17, 15) is 0 Å². The second kappa shape index (κ2) is 5.86. The van der Waals surface area contributed by atoms with Crippen molar-refractivity contribution in [3.05, 3.63) is 54.1 Å². The number of ether oxygens (including phenoxy) is 1. The first-order valence-corrected chi connectivity index (χ1v) is 6.59. The van der Waals surface area contributed by atoms with E-state index >= 15 is 0 Å². The second-order valence-electron chi connectivity index (χ2n) is 4.52. The third-order valence-corrected chi connectivity index (χ3v) is 3.03. The minimum absolute atomic E-state index is 0.543. The van der Waals surface area contributed by atoms with Crippen LogP contribution < -0.4 is 5.73 Å². The van der Waals surface area contributed by atoms with Gasteiger partial charge in [0.25, 0.3) is 0 Å². The normalized spacial score (nSPS) is 11.1. The van der Waals surface area contributed by atoms with Gasteiger partial charge in [-0.05, 0) is 29.8 Å². The third-order valence-electron chi connectivity index (χ3n) is 3.03. The van der Waals surface area contributed by atoms with Crippen LogP contribution in [0.4, 0.5) is 0 Å². The average molecular weight is 268 g/mol. The van der Waals surface area contributed by atoms with Crippen molar-refractivity contribution in [1.82, 2.24) is 4.98 Å². The molecule has 0 radical (unpaired) electrons. The number of fused-ring (bicyclic) bond motifs is 1. The number of hydrogen-bond acceptors (Lipinski definition) is 4. The third kappa shape index (κ3) is 2.71. The zero-order valence-corrected chi connectivity index (χ0v) is 11.1. The van der Waals surface area contributed by atoms with Gasteiger partial charge in [-0.15, -0.1) is 0 Å². The van der Waals surface area contributed by atoms with Gasteiger partial charge in [0.1, 0.15) is 5.52 Å². The quantitative estimate of drug-likeness (QED) is 0.723. The highest BCUT2D eigenvalue weighted by Gasteiger charge is 2.07. The Labute approximate surface area is 117 Å². The lowest BCUT2D eigenvalue weighted by atomic mass is 10.1. The topological polar surface area (TPSA) is 61.3 Å². The highest BCUT2D eigenvalue weighted by Crippen LogP contribution is 2.24. The molecular formula is C16H16N2O2. The first kappa shape index (κ1) is 12.8. The standard InChI is InChI=1S/C16H16N2O2/c17-9-10-19-11-12-5-7-13(8-6-12)16-18-14-3-1-2-4-15(14)20-16/h1-8H,9-11,17H2. The van der Waals surface area contributed by atoms with Crippen molar-refractivity contribution in [2.75, 3.05) is 13.2 Å². The van der Waals surface area contributed by atoms with Gasteiger partial charge in [0.15, 0.2) is 5.58 Å². The maximum atomic E-state index is 5.73. The van der Waals surface area contributed by atoms with Gasteiger partial charge < -0.3 is 14.9 Å². The minimum atomic E-state index is 0.543. The molecule has 1 heterocycles. The van der Waals surface area contributed by atoms with Gasteiger partial charge in [-0.3, -0.25) is 0 Å². The lowest BCUT2D eigenvalue weighted by Crippen LogP contribution is -2.08. The Hall–Kier alpha value is -2.17. The summed E-state index contributed by atoms with van der Waals surface area (Å²) in [7, 11) is 0. The van der Waals surface area contributed by atoms with E-state index < -0.39 is 0 Å². The summed E-state index contributed by atoms with van der Waals surface area (Å²) in [5.41, 5.74) is 9.13. The van der Waals surface area contributed by atoms with Crippen LogP contribution in [0.1, 0.15) is 5.56 Å². The molecule has 0 fully saturated rings. The second-order valence-corrected chi connectivity index (χ2v) is 4.52. The van der Waals surface area contributed by atoms with Crippen molar-refractivity contribution >= 4 is 11.1 Å². The van der Waals surface area contributed by atoms with Gasteiger partial charge in [-0.1, -0.05) is 24.3 Å². The lowest BCUT2D eigenvalue weighted by Gasteiger charge is -2.03. The molecule has 0 amide bonds. The molecule has 20 heavy (non-hydrogen) atoms. The summed E-state index contributed by atoms with van der Waals surface area (Å²) in [5.74, 6) is 0.639. The lowest BCUT2D eigenvalue weighted by molar-refractivity contribution is 0.128. The number of aromatic nitrogens is 1. The number of para-hydroxylation sites is 2. The number of benzene rings is 2. The van der Waals surface area contributed by atoms with Gasteiger partial charge in [-0.25, -0.2) is 4.98 Å². The summed E-state index contributed by atoms with van der Waals surface area (Å²) in [5, 5.41) is 0. The van der Waals surface area contributed by atoms with E-state index in [4.69, 9.17) is 14.9 Å². The Morgan fingerprint density at radius 2 is 1.85 bits per heavy atom. The van der Waals surface area contributed by atoms with E-state index in [0.717, 1.165) is 22.2 Å². The van der Waals surface area contributed by atoms with Crippen molar-refractivity contribution < 1.29 is 9.15 Å². The molecule has 102 valence electrons. The summed E-state index contributed by atoms with van der Waals surface area (Å²) >= 11 is 0. The minimum Gasteiger partial charge on any atom is -0.436 e. The zero-order chi connectivity index (χ0) is 13.8. The first-order valence-electron chi connectivity index (χ1n) is 6.59. The van der Waals surface area contributed by atoms with Crippen LogP contribution in [0.5, 0.6) is 0 Å². The maximum absolute atomic E-state index is 5.73. The molecule has 3 aromatic rings. The predicted octanol–water partition coefficient (Wildman–Crippen LogP) is 2.97.